The second-order valence-electron chi connectivity index (χ2n) is 5.90. The standard InChI is InChI=1S/C14H15NO4/c16-12(17)14(8-13(9-14)6-1-7-13)10-2-4-11(5-3-10)15(18)19/h2-5H,1,6-9H2,(H,16,17). The number of benzene rings is 1. The number of hydrogen-bond acceptors (Lipinski definition) is 3. The highest BCUT2D eigenvalue weighted by Gasteiger charge is 2.61. The van der Waals surface area contributed by atoms with Crippen molar-refractivity contribution < 1.29 is 14.8 Å². The summed E-state index contributed by atoms with van der Waals surface area (Å²) in [5.41, 5.74) is 0.112. The number of nitrogens with zero attached hydrogens (tertiary/aromatic N) is 1. The summed E-state index contributed by atoms with van der Waals surface area (Å²) in [6.45, 7) is 0. The van der Waals surface area contributed by atoms with Gasteiger partial charge in [0.05, 0.1) is 10.3 Å². The van der Waals surface area contributed by atoms with Crippen molar-refractivity contribution in [1.29, 1.82) is 0 Å². The molecule has 0 atom stereocenters. The molecule has 0 unspecified atom stereocenters. The Hall–Kier alpha value is -1.91. The van der Waals surface area contributed by atoms with Gasteiger partial charge in [0.25, 0.3) is 5.69 Å². The largest absolute Gasteiger partial charge is 0.481 e. The fraction of sp³-hybridized carbons (Fsp3) is 0.500. The first-order valence-electron chi connectivity index (χ1n) is 6.46. The molecule has 100 valence electrons. The fourth-order valence-corrected chi connectivity index (χ4v) is 3.64. The van der Waals surface area contributed by atoms with Crippen LogP contribution in [0.5, 0.6) is 0 Å². The molecular weight excluding hydrogens is 246 g/mol. The first-order chi connectivity index (χ1) is 8.97. The molecule has 1 spiro atoms. The van der Waals surface area contributed by atoms with Gasteiger partial charge in [-0.25, -0.2) is 0 Å². The molecule has 2 aliphatic rings. The SMILES string of the molecule is O=C(O)C1(c2ccc([N+](=O)[O-])cc2)CC2(CCC2)C1. The normalized spacial score (nSPS) is 22.3. The van der Waals surface area contributed by atoms with Gasteiger partial charge in [-0.3, -0.25) is 14.9 Å². The van der Waals surface area contributed by atoms with Gasteiger partial charge in [-0.05, 0) is 36.7 Å². The third-order valence-electron chi connectivity index (χ3n) is 4.81. The van der Waals surface area contributed by atoms with Gasteiger partial charge >= 0.3 is 5.97 Å². The zero-order valence-electron chi connectivity index (χ0n) is 10.5. The van der Waals surface area contributed by atoms with E-state index < -0.39 is 16.3 Å². The fourth-order valence-electron chi connectivity index (χ4n) is 3.64. The predicted octanol–water partition coefficient (Wildman–Crippen LogP) is 2.88. The lowest BCUT2D eigenvalue weighted by molar-refractivity contribution is -0.384. The number of aliphatic carboxylic acids is 1. The second-order valence-corrected chi connectivity index (χ2v) is 5.90. The molecule has 1 aromatic rings. The lowest BCUT2D eigenvalue weighted by Gasteiger charge is -2.59. The average Bonchev–Trinajstić information content (AvgIpc) is 2.26. The van der Waals surface area contributed by atoms with Crippen molar-refractivity contribution in [3.05, 3.63) is 39.9 Å². The molecule has 0 saturated heterocycles. The second kappa shape index (κ2) is 3.79. The molecule has 2 fully saturated rings. The summed E-state index contributed by atoms with van der Waals surface area (Å²) < 4.78 is 0. The van der Waals surface area contributed by atoms with Gasteiger partial charge < -0.3 is 5.11 Å². The van der Waals surface area contributed by atoms with Crippen LogP contribution in [0.25, 0.3) is 0 Å². The Balaban J connectivity index is 1.89. The monoisotopic (exact) mass is 261 g/mol. The molecule has 5 nitrogen and oxygen atoms in total. The molecule has 19 heavy (non-hydrogen) atoms. The summed E-state index contributed by atoms with van der Waals surface area (Å²) in [7, 11) is 0. The van der Waals surface area contributed by atoms with E-state index in [1.165, 1.54) is 18.6 Å². The van der Waals surface area contributed by atoms with E-state index in [9.17, 15) is 20.0 Å². The highest BCUT2D eigenvalue weighted by Crippen LogP contribution is 2.65. The maximum Gasteiger partial charge on any atom is 0.314 e. The van der Waals surface area contributed by atoms with Gasteiger partial charge in [-0.1, -0.05) is 18.6 Å². The first kappa shape index (κ1) is 12.1. The van der Waals surface area contributed by atoms with E-state index in [1.54, 1.807) is 12.1 Å². The summed E-state index contributed by atoms with van der Waals surface area (Å²) in [5, 5.41) is 20.2. The smallest absolute Gasteiger partial charge is 0.314 e. The lowest BCUT2D eigenvalue weighted by Crippen LogP contribution is -2.57. The number of hydrogen-bond donors (Lipinski definition) is 1. The van der Waals surface area contributed by atoms with Crippen LogP contribution in [-0.4, -0.2) is 16.0 Å². The lowest BCUT2D eigenvalue weighted by atomic mass is 9.44. The highest BCUT2D eigenvalue weighted by atomic mass is 16.6. The maximum absolute atomic E-state index is 11.6. The van der Waals surface area contributed by atoms with Gasteiger partial charge in [-0.15, -0.1) is 0 Å². The van der Waals surface area contributed by atoms with Crippen LogP contribution in [0.15, 0.2) is 24.3 Å². The molecule has 5 heteroatoms. The molecule has 2 aliphatic carbocycles. The van der Waals surface area contributed by atoms with E-state index in [0.717, 1.165) is 12.8 Å². The Morgan fingerprint density at radius 2 is 1.79 bits per heavy atom. The van der Waals surface area contributed by atoms with Gasteiger partial charge in [0.1, 0.15) is 0 Å². The van der Waals surface area contributed by atoms with Crippen LogP contribution < -0.4 is 0 Å². The molecule has 2 saturated carbocycles. The number of non-ortho nitro benzene ring substituents is 1. The molecule has 1 N–H and O–H groups in total. The minimum atomic E-state index is -0.824. The Morgan fingerprint density at radius 3 is 2.16 bits per heavy atom. The molecule has 0 radical (unpaired) electrons. The minimum absolute atomic E-state index is 0.00182. The Bertz CT molecular complexity index is 537. The summed E-state index contributed by atoms with van der Waals surface area (Å²) in [6.07, 6.45) is 4.78. The molecule has 0 bridgehead atoms. The summed E-state index contributed by atoms with van der Waals surface area (Å²) in [4.78, 5) is 21.8. The van der Waals surface area contributed by atoms with Crippen LogP contribution >= 0.6 is 0 Å². The Labute approximate surface area is 110 Å². The van der Waals surface area contributed by atoms with Crippen molar-refractivity contribution in [2.45, 2.75) is 37.5 Å². The van der Waals surface area contributed by atoms with Crippen LogP contribution in [0.4, 0.5) is 5.69 Å². The van der Waals surface area contributed by atoms with Crippen molar-refractivity contribution in [3.8, 4) is 0 Å². The Morgan fingerprint density at radius 1 is 1.21 bits per heavy atom. The van der Waals surface area contributed by atoms with E-state index in [4.69, 9.17) is 0 Å². The van der Waals surface area contributed by atoms with Crippen LogP contribution in [0.1, 0.15) is 37.7 Å². The zero-order valence-corrected chi connectivity index (χ0v) is 10.5. The summed E-state index contributed by atoms with van der Waals surface area (Å²) >= 11 is 0. The van der Waals surface area contributed by atoms with E-state index in [0.29, 0.717) is 18.4 Å². The minimum Gasteiger partial charge on any atom is -0.481 e. The quantitative estimate of drug-likeness (QED) is 0.670. The van der Waals surface area contributed by atoms with Crippen LogP contribution in [-0.2, 0) is 10.2 Å². The van der Waals surface area contributed by atoms with Crippen molar-refractivity contribution >= 4 is 11.7 Å². The summed E-state index contributed by atoms with van der Waals surface area (Å²) in [6, 6.07) is 5.98. The predicted molar refractivity (Wildman–Crippen MR) is 67.9 cm³/mol. The number of carbonyl (C=O) groups is 1. The van der Waals surface area contributed by atoms with Gasteiger partial charge in [0, 0.05) is 12.1 Å². The molecule has 0 aromatic heterocycles. The molecule has 0 aliphatic heterocycles. The van der Waals surface area contributed by atoms with Crippen LogP contribution in [0, 0.1) is 15.5 Å². The van der Waals surface area contributed by atoms with E-state index in [-0.39, 0.29) is 11.1 Å². The van der Waals surface area contributed by atoms with Crippen LogP contribution in [0.3, 0.4) is 0 Å². The van der Waals surface area contributed by atoms with Gasteiger partial charge in [0.15, 0.2) is 0 Å². The molecular formula is C14H15NO4. The van der Waals surface area contributed by atoms with Gasteiger partial charge in [0.2, 0.25) is 0 Å². The number of carboxylic acid groups (broad SMARTS) is 1. The topological polar surface area (TPSA) is 80.4 Å². The molecule has 0 amide bonds. The maximum atomic E-state index is 11.6. The van der Waals surface area contributed by atoms with Crippen molar-refractivity contribution in [2.24, 2.45) is 5.41 Å². The van der Waals surface area contributed by atoms with Crippen molar-refractivity contribution in [3.63, 3.8) is 0 Å². The highest BCUT2D eigenvalue weighted by molar-refractivity contribution is 5.83. The number of carboxylic acids is 1. The number of nitro benzene ring substituents is 1. The van der Waals surface area contributed by atoms with E-state index in [2.05, 4.69) is 0 Å². The van der Waals surface area contributed by atoms with Gasteiger partial charge in [-0.2, -0.15) is 0 Å². The summed E-state index contributed by atoms with van der Waals surface area (Å²) in [5.74, 6) is -0.807. The third kappa shape index (κ3) is 1.64. The Kier molecular flexibility index (Phi) is 2.42. The zero-order chi connectivity index (χ0) is 13.7. The van der Waals surface area contributed by atoms with Crippen LogP contribution in [0.2, 0.25) is 0 Å². The molecule has 0 heterocycles. The first-order valence-corrected chi connectivity index (χ1v) is 6.46. The van der Waals surface area contributed by atoms with Crippen molar-refractivity contribution in [2.75, 3.05) is 0 Å². The van der Waals surface area contributed by atoms with E-state index >= 15 is 0 Å². The molecule has 1 aromatic carbocycles. The van der Waals surface area contributed by atoms with E-state index in [1.807, 2.05) is 0 Å². The third-order valence-corrected chi connectivity index (χ3v) is 4.81. The average molecular weight is 261 g/mol. The number of rotatable bonds is 3. The van der Waals surface area contributed by atoms with Crippen molar-refractivity contribution in [1.82, 2.24) is 0 Å². The molecule has 3 rings (SSSR count). The number of nitro groups is 1.